The number of aliphatic hydroxyl groups is 1. The third-order valence-corrected chi connectivity index (χ3v) is 2.02. The van der Waals surface area contributed by atoms with Crippen LogP contribution in [0.3, 0.4) is 0 Å². The Labute approximate surface area is 91.2 Å². The van der Waals surface area contributed by atoms with Gasteiger partial charge in [0.05, 0.1) is 13.2 Å². The van der Waals surface area contributed by atoms with E-state index in [0.29, 0.717) is 5.69 Å². The number of hydrogen-bond acceptors (Lipinski definition) is 4. The lowest BCUT2D eigenvalue weighted by atomic mass is 10.3. The first-order chi connectivity index (χ1) is 7.81. The zero-order chi connectivity index (χ0) is 11.4. The van der Waals surface area contributed by atoms with Crippen LogP contribution >= 0.6 is 0 Å². The minimum atomic E-state index is -0.385. The van der Waals surface area contributed by atoms with Crippen molar-refractivity contribution in [3.63, 3.8) is 0 Å². The molecule has 0 aliphatic heterocycles. The van der Waals surface area contributed by atoms with Crippen LogP contribution < -0.4 is 5.48 Å². The lowest BCUT2D eigenvalue weighted by molar-refractivity contribution is 0.0165. The molecule has 0 fully saturated rings. The normalized spacial score (nSPS) is 10.6. The summed E-state index contributed by atoms with van der Waals surface area (Å²) >= 11 is 0. The summed E-state index contributed by atoms with van der Waals surface area (Å²) < 4.78 is 0. The molecule has 0 aliphatic carbocycles. The van der Waals surface area contributed by atoms with E-state index >= 15 is 0 Å². The standard InChI is InChI=1S/C10H11N3O3/c14-3-4-16-13-10(15)9-5-7-6-11-2-1-8(7)12-9/h1-2,5-6,12,14H,3-4H2,(H,13,15). The monoisotopic (exact) mass is 221 g/mol. The maximum Gasteiger partial charge on any atom is 0.291 e. The van der Waals surface area contributed by atoms with Crippen molar-refractivity contribution in [2.24, 2.45) is 0 Å². The molecule has 0 radical (unpaired) electrons. The number of aromatic amines is 1. The highest BCUT2D eigenvalue weighted by Gasteiger charge is 2.08. The van der Waals surface area contributed by atoms with Gasteiger partial charge < -0.3 is 10.1 Å². The van der Waals surface area contributed by atoms with Gasteiger partial charge in [-0.05, 0) is 12.1 Å². The van der Waals surface area contributed by atoms with Crippen LogP contribution in [0.4, 0.5) is 0 Å². The first kappa shape index (κ1) is 10.6. The molecule has 6 nitrogen and oxygen atoms in total. The van der Waals surface area contributed by atoms with Crippen molar-refractivity contribution in [1.82, 2.24) is 15.4 Å². The number of H-pyrrole nitrogens is 1. The van der Waals surface area contributed by atoms with Crippen LogP contribution in [0.15, 0.2) is 24.5 Å². The fourth-order valence-electron chi connectivity index (χ4n) is 1.31. The Morgan fingerprint density at radius 3 is 3.25 bits per heavy atom. The maximum atomic E-state index is 11.5. The number of carbonyl (C=O) groups is 1. The number of amides is 1. The van der Waals surface area contributed by atoms with E-state index in [0.717, 1.165) is 10.9 Å². The predicted octanol–water partition coefficient (Wildman–Crippen LogP) is 0.217. The quantitative estimate of drug-likeness (QED) is 0.509. The van der Waals surface area contributed by atoms with Gasteiger partial charge in [0.25, 0.3) is 5.91 Å². The topological polar surface area (TPSA) is 87.2 Å². The molecule has 6 heteroatoms. The molecule has 0 unspecified atom stereocenters. The molecule has 0 bridgehead atoms. The number of pyridine rings is 1. The molecule has 3 N–H and O–H groups in total. The van der Waals surface area contributed by atoms with Crippen LogP contribution in [0.25, 0.3) is 10.9 Å². The first-order valence-corrected chi connectivity index (χ1v) is 4.77. The Kier molecular flexibility index (Phi) is 3.13. The number of rotatable bonds is 4. The number of hydrogen-bond donors (Lipinski definition) is 3. The Bertz CT molecular complexity index is 462. The van der Waals surface area contributed by atoms with Crippen molar-refractivity contribution in [3.05, 3.63) is 30.2 Å². The molecule has 84 valence electrons. The number of carbonyl (C=O) groups excluding carboxylic acids is 1. The average Bonchev–Trinajstić information content (AvgIpc) is 2.73. The third-order valence-electron chi connectivity index (χ3n) is 2.02. The van der Waals surface area contributed by atoms with Gasteiger partial charge in [0.15, 0.2) is 0 Å². The van der Waals surface area contributed by atoms with Crippen LogP contribution in [-0.2, 0) is 4.84 Å². The molecule has 0 aromatic carbocycles. The fraction of sp³-hybridized carbons (Fsp3) is 0.200. The summed E-state index contributed by atoms with van der Waals surface area (Å²) in [5.41, 5.74) is 3.44. The summed E-state index contributed by atoms with van der Waals surface area (Å²) in [5.74, 6) is -0.385. The largest absolute Gasteiger partial charge is 0.394 e. The Balaban J connectivity index is 2.11. The van der Waals surface area contributed by atoms with Crippen molar-refractivity contribution in [2.45, 2.75) is 0 Å². The van der Waals surface area contributed by atoms with E-state index in [1.54, 1.807) is 24.5 Å². The number of aliphatic hydroxyl groups excluding tert-OH is 1. The maximum absolute atomic E-state index is 11.5. The van der Waals surface area contributed by atoms with Crippen LogP contribution in [0.2, 0.25) is 0 Å². The number of nitrogens with zero attached hydrogens (tertiary/aromatic N) is 1. The van der Waals surface area contributed by atoms with Crippen molar-refractivity contribution < 1.29 is 14.7 Å². The fourth-order valence-corrected chi connectivity index (χ4v) is 1.31. The average molecular weight is 221 g/mol. The van der Waals surface area contributed by atoms with E-state index in [1.165, 1.54) is 0 Å². The van der Waals surface area contributed by atoms with E-state index in [1.807, 2.05) is 0 Å². The molecule has 0 aliphatic rings. The summed E-state index contributed by atoms with van der Waals surface area (Å²) in [6.07, 6.45) is 3.31. The number of hydroxylamine groups is 1. The second-order valence-electron chi connectivity index (χ2n) is 3.15. The second-order valence-corrected chi connectivity index (χ2v) is 3.15. The molecular formula is C10H11N3O3. The lowest BCUT2D eigenvalue weighted by Crippen LogP contribution is -2.25. The highest BCUT2D eigenvalue weighted by atomic mass is 16.7. The number of fused-ring (bicyclic) bond motifs is 1. The molecule has 2 aromatic heterocycles. The summed E-state index contributed by atoms with van der Waals surface area (Å²) in [6, 6.07) is 3.46. The van der Waals surface area contributed by atoms with Gasteiger partial charge in [0, 0.05) is 23.3 Å². The van der Waals surface area contributed by atoms with Crippen LogP contribution in [-0.4, -0.2) is 34.2 Å². The highest BCUT2D eigenvalue weighted by molar-refractivity contribution is 5.97. The van der Waals surface area contributed by atoms with Crippen molar-refractivity contribution >= 4 is 16.8 Å². The summed E-state index contributed by atoms with van der Waals surface area (Å²) in [7, 11) is 0. The lowest BCUT2D eigenvalue weighted by Gasteiger charge is -2.01. The van der Waals surface area contributed by atoms with Gasteiger partial charge in [0.2, 0.25) is 0 Å². The van der Waals surface area contributed by atoms with Gasteiger partial charge in [-0.3, -0.25) is 14.6 Å². The van der Waals surface area contributed by atoms with E-state index < -0.39 is 0 Å². The third kappa shape index (κ3) is 2.18. The van der Waals surface area contributed by atoms with Gasteiger partial charge in [-0.25, -0.2) is 5.48 Å². The zero-order valence-electron chi connectivity index (χ0n) is 8.43. The first-order valence-electron chi connectivity index (χ1n) is 4.77. The van der Waals surface area contributed by atoms with Gasteiger partial charge in [-0.2, -0.15) is 0 Å². The molecule has 0 spiro atoms. The summed E-state index contributed by atoms with van der Waals surface area (Å²) in [4.78, 5) is 23.1. The molecule has 0 saturated carbocycles. The van der Waals surface area contributed by atoms with E-state index in [2.05, 4.69) is 15.4 Å². The SMILES string of the molecule is O=C(NOCCO)c1cc2cnccc2[nH]1. The Morgan fingerprint density at radius 2 is 2.50 bits per heavy atom. The van der Waals surface area contributed by atoms with Gasteiger partial charge >= 0.3 is 0 Å². The van der Waals surface area contributed by atoms with Gasteiger partial charge in [0.1, 0.15) is 5.69 Å². The minimum Gasteiger partial charge on any atom is -0.394 e. The van der Waals surface area contributed by atoms with Crippen molar-refractivity contribution in [1.29, 1.82) is 0 Å². The Morgan fingerprint density at radius 1 is 1.62 bits per heavy atom. The zero-order valence-corrected chi connectivity index (χ0v) is 8.43. The van der Waals surface area contributed by atoms with Crippen molar-refractivity contribution in [2.75, 3.05) is 13.2 Å². The second kappa shape index (κ2) is 4.73. The summed E-state index contributed by atoms with van der Waals surface area (Å²) in [5, 5.41) is 9.33. The van der Waals surface area contributed by atoms with E-state index in [-0.39, 0.29) is 19.1 Å². The van der Waals surface area contributed by atoms with Crippen LogP contribution in [0.5, 0.6) is 0 Å². The highest BCUT2D eigenvalue weighted by Crippen LogP contribution is 2.12. The number of nitrogens with one attached hydrogen (secondary N) is 2. The van der Waals surface area contributed by atoms with E-state index in [4.69, 9.17) is 9.94 Å². The molecule has 2 aromatic rings. The van der Waals surface area contributed by atoms with E-state index in [9.17, 15) is 4.79 Å². The van der Waals surface area contributed by atoms with Crippen LogP contribution in [0.1, 0.15) is 10.5 Å². The molecule has 0 atom stereocenters. The summed E-state index contributed by atoms with van der Waals surface area (Å²) in [6.45, 7) is -0.0789. The predicted molar refractivity (Wildman–Crippen MR) is 56.6 cm³/mol. The molecule has 0 saturated heterocycles. The number of aromatic nitrogens is 2. The molecule has 1 amide bonds. The van der Waals surface area contributed by atoms with Gasteiger partial charge in [-0.1, -0.05) is 0 Å². The molecule has 16 heavy (non-hydrogen) atoms. The van der Waals surface area contributed by atoms with Gasteiger partial charge in [-0.15, -0.1) is 0 Å². The molecule has 2 rings (SSSR count). The van der Waals surface area contributed by atoms with Crippen LogP contribution in [0, 0.1) is 0 Å². The Hall–Kier alpha value is -1.92. The smallest absolute Gasteiger partial charge is 0.291 e. The molecular weight excluding hydrogens is 210 g/mol. The minimum absolute atomic E-state index is 0.0630. The molecule has 2 heterocycles. The van der Waals surface area contributed by atoms with Crippen molar-refractivity contribution in [3.8, 4) is 0 Å².